The fraction of sp³-hybridized carbons (Fsp3) is 0.240. The molecule has 3 rings (SSSR count). The molecule has 0 aliphatic carbocycles. The minimum absolute atomic E-state index is 0.0798. The van der Waals surface area contributed by atoms with Crippen LogP contribution in [0, 0.1) is 0 Å². The average molecular weight is 458 g/mol. The average Bonchev–Trinajstić information content (AvgIpc) is 2.73. The molecular weight excluding hydrogens is 433 g/mol. The largest absolute Gasteiger partial charge is 0.496 e. The first-order chi connectivity index (χ1) is 14.7. The predicted molar refractivity (Wildman–Crippen MR) is 127 cm³/mol. The summed E-state index contributed by atoms with van der Waals surface area (Å²) in [4.78, 5) is 12.7. The lowest BCUT2D eigenvalue weighted by molar-refractivity contribution is 0.102. The topological polar surface area (TPSA) is 47.6 Å². The molecule has 0 spiro atoms. The van der Waals surface area contributed by atoms with Gasteiger partial charge in [0.2, 0.25) is 0 Å². The zero-order chi connectivity index (χ0) is 22.6. The van der Waals surface area contributed by atoms with Gasteiger partial charge in [-0.05, 0) is 59.5 Å². The zero-order valence-electron chi connectivity index (χ0n) is 18.0. The second kappa shape index (κ2) is 9.63. The molecule has 0 heterocycles. The Morgan fingerprint density at radius 1 is 0.968 bits per heavy atom. The molecule has 0 radical (unpaired) electrons. The Hall–Kier alpha value is -2.69. The van der Waals surface area contributed by atoms with E-state index in [1.165, 1.54) is 5.56 Å². The van der Waals surface area contributed by atoms with E-state index in [1.54, 1.807) is 43.5 Å². The molecule has 4 nitrogen and oxygen atoms in total. The molecule has 0 atom stereocenters. The van der Waals surface area contributed by atoms with Crippen molar-refractivity contribution in [2.45, 2.75) is 32.8 Å². The fourth-order valence-corrected chi connectivity index (χ4v) is 3.49. The van der Waals surface area contributed by atoms with E-state index in [0.29, 0.717) is 27.0 Å². The summed E-state index contributed by atoms with van der Waals surface area (Å²) < 4.78 is 11.4. The summed E-state index contributed by atoms with van der Waals surface area (Å²) in [6, 6.07) is 18.1. The highest BCUT2D eigenvalue weighted by atomic mass is 35.5. The number of hydrogen-bond acceptors (Lipinski definition) is 3. The van der Waals surface area contributed by atoms with Crippen molar-refractivity contribution < 1.29 is 14.3 Å². The summed E-state index contributed by atoms with van der Waals surface area (Å²) in [6.07, 6.45) is 0. The van der Waals surface area contributed by atoms with Gasteiger partial charge in [0.05, 0.1) is 17.8 Å². The molecule has 1 amide bonds. The summed E-state index contributed by atoms with van der Waals surface area (Å²) in [7, 11) is 1.59. The van der Waals surface area contributed by atoms with Crippen LogP contribution < -0.4 is 14.8 Å². The lowest BCUT2D eigenvalue weighted by atomic mass is 9.87. The molecular formula is C25H25Cl2NO3. The first-order valence-electron chi connectivity index (χ1n) is 9.84. The molecule has 0 saturated carbocycles. The SMILES string of the molecule is COc1ccc(C(=O)Nc2ccc(Cl)cc2Cl)cc1COc1ccc(C(C)(C)C)cc1. The van der Waals surface area contributed by atoms with E-state index >= 15 is 0 Å². The number of carbonyl (C=O) groups is 1. The van der Waals surface area contributed by atoms with Gasteiger partial charge in [-0.25, -0.2) is 0 Å². The van der Waals surface area contributed by atoms with Gasteiger partial charge in [0.1, 0.15) is 18.1 Å². The van der Waals surface area contributed by atoms with Gasteiger partial charge in [0.15, 0.2) is 0 Å². The van der Waals surface area contributed by atoms with E-state index in [2.05, 4.69) is 38.2 Å². The van der Waals surface area contributed by atoms with Crippen LogP contribution in [-0.4, -0.2) is 13.0 Å². The maximum Gasteiger partial charge on any atom is 0.255 e. The third-order valence-electron chi connectivity index (χ3n) is 4.84. The highest BCUT2D eigenvalue weighted by molar-refractivity contribution is 6.36. The van der Waals surface area contributed by atoms with Gasteiger partial charge in [-0.3, -0.25) is 4.79 Å². The number of ether oxygens (including phenoxy) is 2. The van der Waals surface area contributed by atoms with Crippen molar-refractivity contribution in [2.75, 3.05) is 12.4 Å². The Labute approximate surface area is 193 Å². The minimum atomic E-state index is -0.289. The molecule has 1 N–H and O–H groups in total. The van der Waals surface area contributed by atoms with Crippen molar-refractivity contribution in [2.24, 2.45) is 0 Å². The second-order valence-corrected chi connectivity index (χ2v) is 9.01. The monoisotopic (exact) mass is 457 g/mol. The molecule has 6 heteroatoms. The number of nitrogens with one attached hydrogen (secondary N) is 1. The highest BCUT2D eigenvalue weighted by Gasteiger charge is 2.15. The first-order valence-corrected chi connectivity index (χ1v) is 10.6. The number of benzene rings is 3. The molecule has 0 aliphatic heterocycles. The van der Waals surface area contributed by atoms with E-state index in [-0.39, 0.29) is 17.9 Å². The summed E-state index contributed by atoms with van der Waals surface area (Å²) in [6.45, 7) is 6.77. The van der Waals surface area contributed by atoms with E-state index in [9.17, 15) is 4.79 Å². The van der Waals surface area contributed by atoms with Crippen LogP contribution in [0.15, 0.2) is 60.7 Å². The third kappa shape index (κ3) is 5.93. The lowest BCUT2D eigenvalue weighted by Crippen LogP contribution is -2.13. The normalized spacial score (nSPS) is 11.2. The smallest absolute Gasteiger partial charge is 0.255 e. The first kappa shape index (κ1) is 23.0. The molecule has 0 aliphatic rings. The molecule has 0 aromatic heterocycles. The summed E-state index contributed by atoms with van der Waals surface area (Å²) in [5.74, 6) is 1.10. The van der Waals surface area contributed by atoms with E-state index in [4.69, 9.17) is 32.7 Å². The molecule has 162 valence electrons. The van der Waals surface area contributed by atoms with Crippen LogP contribution in [0.3, 0.4) is 0 Å². The van der Waals surface area contributed by atoms with Crippen molar-refractivity contribution >= 4 is 34.8 Å². The Bertz CT molecular complexity index is 1070. The number of hydrogen-bond donors (Lipinski definition) is 1. The Balaban J connectivity index is 1.75. The number of anilines is 1. The van der Waals surface area contributed by atoms with Crippen LogP contribution in [0.5, 0.6) is 11.5 Å². The minimum Gasteiger partial charge on any atom is -0.496 e. The van der Waals surface area contributed by atoms with Gasteiger partial charge in [-0.15, -0.1) is 0 Å². The molecule has 3 aromatic rings. The second-order valence-electron chi connectivity index (χ2n) is 8.17. The molecule has 0 saturated heterocycles. The van der Waals surface area contributed by atoms with E-state index in [0.717, 1.165) is 11.3 Å². The lowest BCUT2D eigenvalue weighted by Gasteiger charge is -2.19. The van der Waals surface area contributed by atoms with Crippen molar-refractivity contribution in [1.82, 2.24) is 0 Å². The number of methoxy groups -OCH3 is 1. The quantitative estimate of drug-likeness (QED) is 0.428. The Kier molecular flexibility index (Phi) is 7.14. The maximum atomic E-state index is 12.7. The Morgan fingerprint density at radius 3 is 2.29 bits per heavy atom. The van der Waals surface area contributed by atoms with Crippen LogP contribution in [0.2, 0.25) is 10.0 Å². The number of rotatable bonds is 6. The van der Waals surface area contributed by atoms with Crippen LogP contribution in [-0.2, 0) is 12.0 Å². The summed E-state index contributed by atoms with van der Waals surface area (Å²) in [5, 5.41) is 3.68. The zero-order valence-corrected chi connectivity index (χ0v) is 19.5. The van der Waals surface area contributed by atoms with Crippen molar-refractivity contribution in [3.05, 3.63) is 87.4 Å². The van der Waals surface area contributed by atoms with E-state index in [1.807, 2.05) is 12.1 Å². The van der Waals surface area contributed by atoms with E-state index < -0.39 is 0 Å². The number of carbonyl (C=O) groups excluding carboxylic acids is 1. The fourth-order valence-electron chi connectivity index (χ4n) is 3.03. The highest BCUT2D eigenvalue weighted by Crippen LogP contribution is 2.28. The van der Waals surface area contributed by atoms with Crippen LogP contribution >= 0.6 is 23.2 Å². The van der Waals surface area contributed by atoms with Crippen LogP contribution in [0.4, 0.5) is 5.69 Å². The van der Waals surface area contributed by atoms with Crippen molar-refractivity contribution in [1.29, 1.82) is 0 Å². The van der Waals surface area contributed by atoms with Gasteiger partial charge in [-0.1, -0.05) is 56.1 Å². The van der Waals surface area contributed by atoms with Crippen molar-refractivity contribution in [3.8, 4) is 11.5 Å². The molecule has 0 fully saturated rings. The molecule has 0 bridgehead atoms. The number of halogens is 2. The van der Waals surface area contributed by atoms with Crippen LogP contribution in [0.25, 0.3) is 0 Å². The van der Waals surface area contributed by atoms with Gasteiger partial charge >= 0.3 is 0 Å². The third-order valence-corrected chi connectivity index (χ3v) is 5.38. The molecule has 0 unspecified atom stereocenters. The molecule has 3 aromatic carbocycles. The molecule has 31 heavy (non-hydrogen) atoms. The predicted octanol–water partition coefficient (Wildman–Crippen LogP) is 7.13. The van der Waals surface area contributed by atoms with Gasteiger partial charge in [0, 0.05) is 16.1 Å². The number of amides is 1. The summed E-state index contributed by atoms with van der Waals surface area (Å²) >= 11 is 12.1. The maximum absolute atomic E-state index is 12.7. The van der Waals surface area contributed by atoms with Gasteiger partial charge in [-0.2, -0.15) is 0 Å². The van der Waals surface area contributed by atoms with Gasteiger partial charge in [0.25, 0.3) is 5.91 Å². The van der Waals surface area contributed by atoms with Crippen molar-refractivity contribution in [3.63, 3.8) is 0 Å². The van der Waals surface area contributed by atoms with Gasteiger partial charge < -0.3 is 14.8 Å². The summed E-state index contributed by atoms with van der Waals surface area (Å²) in [5.41, 5.74) is 3.03. The standard InChI is InChI=1S/C25H25Cl2NO3/c1-25(2,3)18-6-9-20(10-7-18)31-15-17-13-16(5-12-23(17)30-4)24(29)28-22-11-8-19(26)14-21(22)27/h5-14H,15H2,1-4H3,(H,28,29). The van der Waals surface area contributed by atoms with Crippen LogP contribution in [0.1, 0.15) is 42.3 Å². The Morgan fingerprint density at radius 2 is 1.68 bits per heavy atom.